The van der Waals surface area contributed by atoms with Crippen molar-refractivity contribution in [1.29, 1.82) is 0 Å². The minimum atomic E-state index is 0.386. The van der Waals surface area contributed by atoms with Gasteiger partial charge in [0.15, 0.2) is 0 Å². The molecule has 0 spiro atoms. The van der Waals surface area contributed by atoms with Gasteiger partial charge >= 0.3 is 0 Å². The van der Waals surface area contributed by atoms with Gasteiger partial charge in [-0.3, -0.25) is 0 Å². The summed E-state index contributed by atoms with van der Waals surface area (Å²) in [5.41, 5.74) is 1.54. The number of allylic oxidation sites excluding steroid dienone is 2. The van der Waals surface area contributed by atoms with E-state index in [-0.39, 0.29) is 0 Å². The quantitative estimate of drug-likeness (QED) is 0.670. The van der Waals surface area contributed by atoms with Crippen LogP contribution in [0.25, 0.3) is 0 Å². The molecule has 1 fully saturated rings. The van der Waals surface area contributed by atoms with Crippen molar-refractivity contribution in [2.75, 3.05) is 6.61 Å². The van der Waals surface area contributed by atoms with Crippen LogP contribution >= 0.6 is 0 Å². The van der Waals surface area contributed by atoms with Gasteiger partial charge in [-0.2, -0.15) is 0 Å². The van der Waals surface area contributed by atoms with Crippen LogP contribution < -0.4 is 0 Å². The highest BCUT2D eigenvalue weighted by molar-refractivity contribution is 5.17. The van der Waals surface area contributed by atoms with E-state index in [1.54, 1.807) is 0 Å². The Labute approximate surface area is 87.2 Å². The molecule has 0 aliphatic heterocycles. The normalized spacial score (nSPS) is 41.6. The molecule has 1 heteroatoms. The van der Waals surface area contributed by atoms with Crippen LogP contribution in [0.3, 0.4) is 0 Å². The van der Waals surface area contributed by atoms with Crippen molar-refractivity contribution in [3.05, 3.63) is 11.6 Å². The second kappa shape index (κ2) is 3.69. The van der Waals surface area contributed by atoms with E-state index in [2.05, 4.69) is 26.8 Å². The van der Waals surface area contributed by atoms with Gasteiger partial charge in [-0.05, 0) is 49.4 Å². The maximum absolute atomic E-state index is 9.33. The molecule has 0 radical (unpaired) electrons. The van der Waals surface area contributed by atoms with Crippen LogP contribution in [0.5, 0.6) is 0 Å². The summed E-state index contributed by atoms with van der Waals surface area (Å²) >= 11 is 0. The largest absolute Gasteiger partial charge is 0.396 e. The fraction of sp³-hybridized carbons (Fsp3) is 0.846. The van der Waals surface area contributed by atoms with Crippen molar-refractivity contribution < 1.29 is 5.11 Å². The standard InChI is InChI=1S/C13H22O/c1-8(2)12-6-13-9(3)4-10(12)5-11(13)7-14/h4,8,10-14H,5-7H2,1-3H3. The average Bonchev–Trinajstić information content (AvgIpc) is 2.16. The summed E-state index contributed by atoms with van der Waals surface area (Å²) in [5, 5.41) is 9.33. The zero-order valence-corrected chi connectivity index (χ0v) is 9.53. The van der Waals surface area contributed by atoms with Crippen molar-refractivity contribution >= 4 is 0 Å². The minimum Gasteiger partial charge on any atom is -0.396 e. The molecular formula is C13H22O. The summed E-state index contributed by atoms with van der Waals surface area (Å²) in [5.74, 6) is 3.65. The van der Waals surface area contributed by atoms with Crippen molar-refractivity contribution in [3.8, 4) is 0 Å². The van der Waals surface area contributed by atoms with Crippen molar-refractivity contribution in [1.82, 2.24) is 0 Å². The van der Waals surface area contributed by atoms with Gasteiger partial charge in [-0.25, -0.2) is 0 Å². The molecule has 4 atom stereocenters. The number of hydrogen-bond acceptors (Lipinski definition) is 1. The van der Waals surface area contributed by atoms with Crippen LogP contribution in [0.4, 0.5) is 0 Å². The molecule has 4 unspecified atom stereocenters. The Bertz CT molecular complexity index is 242. The molecule has 3 rings (SSSR count). The topological polar surface area (TPSA) is 20.2 Å². The molecule has 0 amide bonds. The first-order chi connectivity index (χ1) is 6.63. The van der Waals surface area contributed by atoms with Crippen LogP contribution in [-0.4, -0.2) is 11.7 Å². The molecule has 1 saturated carbocycles. The van der Waals surface area contributed by atoms with E-state index in [1.807, 2.05) is 0 Å². The smallest absolute Gasteiger partial charge is 0.0465 e. The van der Waals surface area contributed by atoms with Crippen LogP contribution in [0, 0.1) is 29.6 Å². The number of aliphatic hydroxyl groups is 1. The van der Waals surface area contributed by atoms with Crippen molar-refractivity contribution in [2.24, 2.45) is 29.6 Å². The summed E-state index contributed by atoms with van der Waals surface area (Å²) in [4.78, 5) is 0. The number of hydrogen-bond donors (Lipinski definition) is 1. The highest BCUT2D eigenvalue weighted by Gasteiger charge is 2.41. The molecule has 14 heavy (non-hydrogen) atoms. The zero-order chi connectivity index (χ0) is 10.3. The van der Waals surface area contributed by atoms with Crippen LogP contribution in [0.1, 0.15) is 33.6 Å². The van der Waals surface area contributed by atoms with Gasteiger partial charge in [-0.15, -0.1) is 0 Å². The average molecular weight is 194 g/mol. The molecule has 80 valence electrons. The lowest BCUT2D eigenvalue weighted by molar-refractivity contribution is 0.0646. The van der Waals surface area contributed by atoms with Crippen molar-refractivity contribution in [2.45, 2.75) is 33.6 Å². The monoisotopic (exact) mass is 194 g/mol. The summed E-state index contributed by atoms with van der Waals surface area (Å²) in [6.07, 6.45) is 5.02. The summed E-state index contributed by atoms with van der Waals surface area (Å²) < 4.78 is 0. The predicted octanol–water partition coefficient (Wildman–Crippen LogP) is 2.85. The number of fused-ring (bicyclic) bond motifs is 2. The second-order valence-corrected chi connectivity index (χ2v) is 5.50. The van der Waals surface area contributed by atoms with E-state index in [1.165, 1.54) is 18.4 Å². The second-order valence-electron chi connectivity index (χ2n) is 5.50. The fourth-order valence-electron chi connectivity index (χ4n) is 3.53. The molecule has 0 heterocycles. The Kier molecular flexibility index (Phi) is 2.70. The fourth-order valence-corrected chi connectivity index (χ4v) is 3.53. The van der Waals surface area contributed by atoms with E-state index in [0.717, 1.165) is 17.8 Å². The third-order valence-corrected chi connectivity index (χ3v) is 4.37. The SMILES string of the molecule is CC1=CC2CC(CO)C1CC2C(C)C. The molecule has 1 N–H and O–H groups in total. The highest BCUT2D eigenvalue weighted by Crippen LogP contribution is 2.49. The molecule has 0 saturated heterocycles. The summed E-state index contributed by atoms with van der Waals surface area (Å²) in [6.45, 7) is 7.30. The molecule has 0 aromatic heterocycles. The Hall–Kier alpha value is -0.300. The molecule has 1 nitrogen and oxygen atoms in total. The van der Waals surface area contributed by atoms with Crippen molar-refractivity contribution in [3.63, 3.8) is 0 Å². The zero-order valence-electron chi connectivity index (χ0n) is 9.53. The lowest BCUT2D eigenvalue weighted by Crippen LogP contribution is -2.39. The Balaban J connectivity index is 2.18. The maximum atomic E-state index is 9.33. The molecule has 3 aliphatic carbocycles. The first-order valence-electron chi connectivity index (χ1n) is 5.92. The van der Waals surface area contributed by atoms with E-state index in [4.69, 9.17) is 0 Å². The van der Waals surface area contributed by atoms with Crippen LogP contribution in [-0.2, 0) is 0 Å². The van der Waals surface area contributed by atoms with Crippen LogP contribution in [0.2, 0.25) is 0 Å². The van der Waals surface area contributed by atoms with E-state index in [0.29, 0.717) is 18.4 Å². The molecule has 0 aromatic rings. The maximum Gasteiger partial charge on any atom is 0.0465 e. The van der Waals surface area contributed by atoms with Gasteiger partial charge in [0.05, 0.1) is 0 Å². The Morgan fingerprint density at radius 1 is 1.43 bits per heavy atom. The first kappa shape index (κ1) is 10.2. The van der Waals surface area contributed by atoms with Gasteiger partial charge in [0.25, 0.3) is 0 Å². The highest BCUT2D eigenvalue weighted by atomic mass is 16.3. The predicted molar refractivity (Wildman–Crippen MR) is 58.9 cm³/mol. The third kappa shape index (κ3) is 1.52. The van der Waals surface area contributed by atoms with E-state index in [9.17, 15) is 5.11 Å². The first-order valence-corrected chi connectivity index (χ1v) is 5.92. The number of rotatable bonds is 2. The summed E-state index contributed by atoms with van der Waals surface area (Å²) in [6, 6.07) is 0. The Morgan fingerprint density at radius 2 is 2.14 bits per heavy atom. The molecule has 3 aliphatic rings. The van der Waals surface area contributed by atoms with E-state index < -0.39 is 0 Å². The lowest BCUT2D eigenvalue weighted by atomic mass is 9.58. The van der Waals surface area contributed by atoms with Crippen LogP contribution in [0.15, 0.2) is 11.6 Å². The number of aliphatic hydroxyl groups excluding tert-OH is 1. The molecule has 2 bridgehead atoms. The Morgan fingerprint density at radius 3 is 2.64 bits per heavy atom. The van der Waals surface area contributed by atoms with Gasteiger partial charge in [0.2, 0.25) is 0 Å². The van der Waals surface area contributed by atoms with E-state index >= 15 is 0 Å². The van der Waals surface area contributed by atoms with Gasteiger partial charge in [-0.1, -0.05) is 25.5 Å². The van der Waals surface area contributed by atoms with Gasteiger partial charge in [0.1, 0.15) is 0 Å². The molecular weight excluding hydrogens is 172 g/mol. The van der Waals surface area contributed by atoms with Gasteiger partial charge < -0.3 is 5.11 Å². The third-order valence-electron chi connectivity index (χ3n) is 4.37. The van der Waals surface area contributed by atoms with Gasteiger partial charge in [0, 0.05) is 6.61 Å². The lowest BCUT2D eigenvalue weighted by Gasteiger charge is -2.47. The summed E-state index contributed by atoms with van der Waals surface area (Å²) in [7, 11) is 0. The molecule has 0 aromatic carbocycles. The minimum absolute atomic E-state index is 0.386.